The summed E-state index contributed by atoms with van der Waals surface area (Å²) in [4.78, 5) is 35.7. The zero-order valence-corrected chi connectivity index (χ0v) is 25.0. The molecular formula is C32H61NO5. The lowest BCUT2D eigenvalue weighted by Crippen LogP contribution is -2.42. The third-order valence-corrected chi connectivity index (χ3v) is 7.27. The summed E-state index contributed by atoms with van der Waals surface area (Å²) in [6.07, 6.45) is 28.1. The number of ether oxygens (including phenoxy) is 1. The van der Waals surface area contributed by atoms with Gasteiger partial charge in [0.1, 0.15) is 6.04 Å². The highest BCUT2D eigenvalue weighted by molar-refractivity contribution is 5.87. The highest BCUT2D eigenvalue weighted by Crippen LogP contribution is 2.13. The molecule has 1 amide bonds. The summed E-state index contributed by atoms with van der Waals surface area (Å²) >= 11 is 0. The number of carboxylic acid groups (broad SMARTS) is 1. The molecule has 0 aliphatic carbocycles. The standard InChI is InChI=1S/C32H61NO5/c1-3-5-7-9-11-13-14-15-16-17-19-21-23-25-27-38-31(35)28-29(32(36)37)33-30(34)26-24-22-20-18-12-10-8-6-4-2/h29H,3-28H2,1-2H3,(H,33,34)(H,36,37)/t29-/m0/s1. The van der Waals surface area contributed by atoms with Gasteiger partial charge in [-0.2, -0.15) is 0 Å². The molecule has 0 fully saturated rings. The molecular weight excluding hydrogens is 478 g/mol. The predicted octanol–water partition coefficient (Wildman–Crippen LogP) is 8.89. The van der Waals surface area contributed by atoms with Gasteiger partial charge in [-0.05, 0) is 12.8 Å². The van der Waals surface area contributed by atoms with Crippen molar-refractivity contribution in [3.8, 4) is 0 Å². The molecule has 0 aliphatic heterocycles. The number of carbonyl (C=O) groups excluding carboxylic acids is 2. The maximum absolute atomic E-state index is 12.1. The van der Waals surface area contributed by atoms with Crippen molar-refractivity contribution in [2.24, 2.45) is 0 Å². The second-order valence-corrected chi connectivity index (χ2v) is 11.1. The van der Waals surface area contributed by atoms with E-state index in [1.165, 1.54) is 109 Å². The maximum atomic E-state index is 12.1. The Morgan fingerprint density at radius 2 is 0.947 bits per heavy atom. The number of unbranched alkanes of at least 4 members (excludes halogenated alkanes) is 21. The van der Waals surface area contributed by atoms with Gasteiger partial charge in [-0.3, -0.25) is 9.59 Å². The lowest BCUT2D eigenvalue weighted by Gasteiger charge is -2.14. The van der Waals surface area contributed by atoms with Gasteiger partial charge in [-0.15, -0.1) is 0 Å². The van der Waals surface area contributed by atoms with Crippen molar-refractivity contribution in [2.45, 2.75) is 180 Å². The molecule has 0 unspecified atom stereocenters. The van der Waals surface area contributed by atoms with E-state index < -0.39 is 18.0 Å². The van der Waals surface area contributed by atoms with Gasteiger partial charge in [0.15, 0.2) is 0 Å². The monoisotopic (exact) mass is 539 g/mol. The van der Waals surface area contributed by atoms with Gasteiger partial charge in [0.25, 0.3) is 0 Å². The first-order valence-corrected chi connectivity index (χ1v) is 16.2. The van der Waals surface area contributed by atoms with Crippen molar-refractivity contribution in [3.63, 3.8) is 0 Å². The van der Waals surface area contributed by atoms with Crippen molar-refractivity contribution >= 4 is 17.8 Å². The van der Waals surface area contributed by atoms with E-state index in [2.05, 4.69) is 19.2 Å². The molecule has 0 aromatic rings. The van der Waals surface area contributed by atoms with Crippen LogP contribution in [0.2, 0.25) is 0 Å². The molecule has 0 aliphatic rings. The number of esters is 1. The fourth-order valence-electron chi connectivity index (χ4n) is 4.77. The fraction of sp³-hybridized carbons (Fsp3) is 0.906. The van der Waals surface area contributed by atoms with Gasteiger partial charge in [-0.25, -0.2) is 4.79 Å². The molecule has 0 bridgehead atoms. The summed E-state index contributed by atoms with van der Waals surface area (Å²) in [5.41, 5.74) is 0. The van der Waals surface area contributed by atoms with Crippen molar-refractivity contribution in [1.82, 2.24) is 5.32 Å². The Hall–Kier alpha value is -1.59. The van der Waals surface area contributed by atoms with Crippen LogP contribution in [0.5, 0.6) is 0 Å². The normalized spacial score (nSPS) is 11.8. The second kappa shape index (κ2) is 28.4. The van der Waals surface area contributed by atoms with Crippen LogP contribution in [0.4, 0.5) is 0 Å². The molecule has 0 aromatic heterocycles. The molecule has 1 atom stereocenters. The summed E-state index contributed by atoms with van der Waals surface area (Å²) in [6.45, 7) is 4.78. The Labute approximate surface area is 234 Å². The molecule has 0 heterocycles. The minimum atomic E-state index is -1.22. The smallest absolute Gasteiger partial charge is 0.326 e. The molecule has 2 N–H and O–H groups in total. The van der Waals surface area contributed by atoms with Crippen molar-refractivity contribution < 1.29 is 24.2 Å². The molecule has 0 aromatic carbocycles. The number of carboxylic acids is 1. The van der Waals surface area contributed by atoms with Crippen molar-refractivity contribution in [2.75, 3.05) is 6.61 Å². The van der Waals surface area contributed by atoms with Crippen LogP contribution in [0.25, 0.3) is 0 Å². The number of hydrogen-bond donors (Lipinski definition) is 2. The SMILES string of the molecule is CCCCCCCCCCCCCCCCOC(=O)C[C@H](NC(=O)CCCCCCCCCCC)C(=O)O. The number of aliphatic carboxylic acids is 1. The van der Waals surface area contributed by atoms with Crippen molar-refractivity contribution in [1.29, 1.82) is 0 Å². The number of hydrogen-bond acceptors (Lipinski definition) is 4. The molecule has 0 saturated heterocycles. The van der Waals surface area contributed by atoms with E-state index in [0.29, 0.717) is 13.0 Å². The van der Waals surface area contributed by atoms with Gasteiger partial charge in [0.05, 0.1) is 13.0 Å². The quantitative estimate of drug-likeness (QED) is 0.0731. The van der Waals surface area contributed by atoms with Gasteiger partial charge in [0.2, 0.25) is 5.91 Å². The Morgan fingerprint density at radius 3 is 1.34 bits per heavy atom. The van der Waals surface area contributed by atoms with E-state index >= 15 is 0 Å². The van der Waals surface area contributed by atoms with E-state index in [1.54, 1.807) is 0 Å². The topological polar surface area (TPSA) is 92.7 Å². The van der Waals surface area contributed by atoms with E-state index in [-0.39, 0.29) is 12.3 Å². The first kappa shape index (κ1) is 36.4. The van der Waals surface area contributed by atoms with E-state index in [1.807, 2.05) is 0 Å². The summed E-state index contributed by atoms with van der Waals surface area (Å²) in [5, 5.41) is 11.9. The summed E-state index contributed by atoms with van der Waals surface area (Å²) in [5.74, 6) is -2.06. The van der Waals surface area contributed by atoms with E-state index in [9.17, 15) is 19.5 Å². The number of rotatable bonds is 29. The average Bonchev–Trinajstić information content (AvgIpc) is 2.89. The van der Waals surface area contributed by atoms with Crippen LogP contribution in [-0.4, -0.2) is 35.6 Å². The lowest BCUT2D eigenvalue weighted by molar-refractivity contribution is -0.150. The lowest BCUT2D eigenvalue weighted by atomic mass is 10.0. The van der Waals surface area contributed by atoms with Gasteiger partial charge in [-0.1, -0.05) is 149 Å². The molecule has 38 heavy (non-hydrogen) atoms. The van der Waals surface area contributed by atoms with Crippen LogP contribution in [0.3, 0.4) is 0 Å². The molecule has 0 spiro atoms. The van der Waals surface area contributed by atoms with Crippen LogP contribution in [0.1, 0.15) is 174 Å². The molecule has 6 nitrogen and oxygen atoms in total. The summed E-state index contributed by atoms with van der Waals surface area (Å²) < 4.78 is 5.22. The second-order valence-electron chi connectivity index (χ2n) is 11.1. The van der Waals surface area contributed by atoms with Crippen LogP contribution in [0.15, 0.2) is 0 Å². The zero-order valence-electron chi connectivity index (χ0n) is 25.0. The molecule has 0 radical (unpaired) electrons. The number of carbonyl (C=O) groups is 3. The Balaban J connectivity index is 3.67. The van der Waals surface area contributed by atoms with Crippen LogP contribution < -0.4 is 5.32 Å². The minimum absolute atomic E-state index is 0.299. The predicted molar refractivity (Wildman–Crippen MR) is 157 cm³/mol. The van der Waals surface area contributed by atoms with Crippen LogP contribution in [0, 0.1) is 0 Å². The zero-order chi connectivity index (χ0) is 28.1. The van der Waals surface area contributed by atoms with Crippen LogP contribution >= 0.6 is 0 Å². The first-order valence-electron chi connectivity index (χ1n) is 16.2. The highest BCUT2D eigenvalue weighted by Gasteiger charge is 2.23. The number of nitrogens with one attached hydrogen (secondary N) is 1. The van der Waals surface area contributed by atoms with Gasteiger partial charge in [0, 0.05) is 6.42 Å². The molecule has 0 rings (SSSR count). The first-order chi connectivity index (χ1) is 18.5. The van der Waals surface area contributed by atoms with Gasteiger partial charge >= 0.3 is 11.9 Å². The van der Waals surface area contributed by atoms with Gasteiger partial charge < -0.3 is 15.2 Å². The minimum Gasteiger partial charge on any atom is -0.480 e. The molecule has 0 saturated carbocycles. The Kier molecular flexibility index (Phi) is 27.2. The third kappa shape index (κ3) is 26.0. The van der Waals surface area contributed by atoms with Crippen LogP contribution in [-0.2, 0) is 19.1 Å². The highest BCUT2D eigenvalue weighted by atomic mass is 16.5. The average molecular weight is 540 g/mol. The molecule has 6 heteroatoms. The Morgan fingerprint density at radius 1 is 0.579 bits per heavy atom. The van der Waals surface area contributed by atoms with E-state index in [0.717, 1.165) is 38.5 Å². The number of amides is 1. The fourth-order valence-corrected chi connectivity index (χ4v) is 4.77. The van der Waals surface area contributed by atoms with Crippen molar-refractivity contribution in [3.05, 3.63) is 0 Å². The summed E-state index contributed by atoms with van der Waals surface area (Å²) in [7, 11) is 0. The summed E-state index contributed by atoms with van der Waals surface area (Å²) in [6, 6.07) is -1.22. The van der Waals surface area contributed by atoms with E-state index in [4.69, 9.17) is 4.74 Å². The third-order valence-electron chi connectivity index (χ3n) is 7.27. The maximum Gasteiger partial charge on any atom is 0.326 e. The Bertz CT molecular complexity index is 566. The largest absolute Gasteiger partial charge is 0.480 e. The molecule has 224 valence electrons.